The standard InChI is InChI=1S/C40H60INO11/c1-19-11-24-5-7-29-20(2)12-26(47-29)9-10-40-17-28(45)36(52-40)38-34(41)39(53-40)37-30(51-38)8-6-25(49-37)13-22(43)14-27-32(16-31(48-24)21(19)3)50-33(35(27)46-4)15-23(44)18-42/h19,23-39,44-45H,2-3,5-18,42H2,1,4H3/t19-,23+,24+,25-,26+,27+,28-,29+,30+,31-,32+,33-,34?,35-,36+,37+,38-,39-,40+/m1/s1. The number of halogens is 1. The zero-order valence-electron chi connectivity index (χ0n) is 31.2. The molecule has 0 saturated carbocycles. The third kappa shape index (κ3) is 7.86. The fourth-order valence-electron chi connectivity index (χ4n) is 10.8. The lowest BCUT2D eigenvalue weighted by Gasteiger charge is -2.49. The lowest BCUT2D eigenvalue weighted by molar-refractivity contribution is -0.274. The Morgan fingerprint density at radius 2 is 1.64 bits per heavy atom. The average Bonchev–Trinajstić information content (AvgIpc) is 3.75. The van der Waals surface area contributed by atoms with E-state index in [4.69, 9.17) is 43.6 Å². The first kappa shape index (κ1) is 39.3. The largest absolute Gasteiger partial charge is 0.392 e. The molecule has 0 aliphatic carbocycles. The van der Waals surface area contributed by atoms with E-state index in [1.807, 2.05) is 0 Å². The number of Topliss-reactive ketones (excluding diaryl/α,β-unsaturated/α-hetero) is 1. The number of alkyl halides is 1. The van der Waals surface area contributed by atoms with E-state index in [-0.39, 0.29) is 108 Å². The number of methoxy groups -OCH3 is 1. The number of hydrogen-bond donors (Lipinski definition) is 3. The van der Waals surface area contributed by atoms with Gasteiger partial charge >= 0.3 is 0 Å². The fourth-order valence-corrected chi connectivity index (χ4v) is 11.9. The van der Waals surface area contributed by atoms with Crippen LogP contribution in [-0.2, 0) is 42.7 Å². The van der Waals surface area contributed by atoms with Gasteiger partial charge in [0.2, 0.25) is 0 Å². The number of rotatable bonds is 4. The molecular formula is C40H60INO11. The van der Waals surface area contributed by atoms with E-state index in [9.17, 15) is 15.0 Å². The SMILES string of the molecule is C=C1C[C@@H]2CC[C@]34C[C@@H](O)[C@H](O3)[C@@H]3O[C@H]5CC[C@H](CC(=O)C[C@@H]6[C@@H](OC)[C@@H](C[C@H](O)CN)O[C@H]6C[C@H]6O[C@@H](CC[C@@H]1O2)C[C@@H](C)C6=C)O[C@@H]5[C@H](O4)C3I. The molecule has 8 aliphatic rings. The highest BCUT2D eigenvalue weighted by Gasteiger charge is 2.62. The van der Waals surface area contributed by atoms with Gasteiger partial charge < -0.3 is 53.8 Å². The van der Waals surface area contributed by atoms with Gasteiger partial charge in [-0.2, -0.15) is 0 Å². The molecule has 8 saturated heterocycles. The minimum Gasteiger partial charge on any atom is -0.392 e. The topological polar surface area (TPSA) is 157 Å². The van der Waals surface area contributed by atoms with Crippen LogP contribution in [0.5, 0.6) is 0 Å². The molecule has 0 aromatic rings. The Kier molecular flexibility index (Phi) is 11.9. The van der Waals surface area contributed by atoms with Crippen molar-refractivity contribution in [3.8, 4) is 0 Å². The lowest BCUT2D eigenvalue weighted by Crippen LogP contribution is -2.63. The number of ether oxygens (including phenoxy) is 8. The van der Waals surface area contributed by atoms with Gasteiger partial charge in [0.05, 0.1) is 71.1 Å². The Balaban J connectivity index is 1.07. The zero-order valence-corrected chi connectivity index (χ0v) is 33.4. The molecular weight excluding hydrogens is 797 g/mol. The summed E-state index contributed by atoms with van der Waals surface area (Å²) in [5.74, 6) is -0.856. The van der Waals surface area contributed by atoms with E-state index in [2.05, 4.69) is 42.7 Å². The maximum atomic E-state index is 14.1. The summed E-state index contributed by atoms with van der Waals surface area (Å²) in [4.78, 5) is 14.1. The number of hydrogen-bond acceptors (Lipinski definition) is 12. The number of fused-ring (bicyclic) bond motifs is 9. The number of ketones is 1. The van der Waals surface area contributed by atoms with Crippen LogP contribution >= 0.6 is 22.6 Å². The summed E-state index contributed by atoms with van der Waals surface area (Å²) in [6, 6.07) is 0. The van der Waals surface area contributed by atoms with Crippen molar-refractivity contribution in [2.75, 3.05) is 13.7 Å². The van der Waals surface area contributed by atoms with Crippen LogP contribution in [0.15, 0.2) is 24.3 Å². The molecule has 0 radical (unpaired) electrons. The van der Waals surface area contributed by atoms with Gasteiger partial charge in [-0.3, -0.25) is 4.79 Å². The first-order chi connectivity index (χ1) is 25.4. The van der Waals surface area contributed by atoms with Crippen molar-refractivity contribution >= 4 is 28.4 Å². The summed E-state index contributed by atoms with van der Waals surface area (Å²) in [6.07, 6.45) is 2.99. The summed E-state index contributed by atoms with van der Waals surface area (Å²) in [6.45, 7) is 11.2. The minimum absolute atomic E-state index is 0.0129. The molecule has 8 aliphatic heterocycles. The molecule has 298 valence electrons. The Labute approximate surface area is 327 Å². The Morgan fingerprint density at radius 3 is 2.43 bits per heavy atom. The van der Waals surface area contributed by atoms with Gasteiger partial charge in [-0.15, -0.1) is 0 Å². The molecule has 0 aromatic heterocycles. The van der Waals surface area contributed by atoms with E-state index in [1.54, 1.807) is 7.11 Å². The van der Waals surface area contributed by atoms with Crippen molar-refractivity contribution in [2.24, 2.45) is 17.6 Å². The second-order valence-corrected chi connectivity index (χ2v) is 18.7. The van der Waals surface area contributed by atoms with E-state index in [0.29, 0.717) is 32.1 Å². The van der Waals surface area contributed by atoms with Gasteiger partial charge in [0.15, 0.2) is 5.79 Å². The molecule has 10 bridgehead atoms. The lowest BCUT2D eigenvalue weighted by atomic mass is 9.81. The zero-order chi connectivity index (χ0) is 37.2. The molecule has 0 aromatic carbocycles. The summed E-state index contributed by atoms with van der Waals surface area (Å²) in [5.41, 5.74) is 7.96. The summed E-state index contributed by atoms with van der Waals surface area (Å²) in [7, 11) is 1.65. The Bertz CT molecular complexity index is 1370. The molecule has 19 atom stereocenters. The smallest absolute Gasteiger partial charge is 0.172 e. The van der Waals surface area contributed by atoms with E-state index in [1.165, 1.54) is 0 Å². The van der Waals surface area contributed by atoms with Crippen LogP contribution in [0.2, 0.25) is 0 Å². The molecule has 13 heteroatoms. The molecule has 12 nitrogen and oxygen atoms in total. The predicted octanol–water partition coefficient (Wildman–Crippen LogP) is 3.84. The average molecular weight is 858 g/mol. The Morgan fingerprint density at radius 1 is 0.887 bits per heavy atom. The molecule has 53 heavy (non-hydrogen) atoms. The van der Waals surface area contributed by atoms with Crippen LogP contribution in [0.4, 0.5) is 0 Å². The van der Waals surface area contributed by atoms with Gasteiger partial charge in [-0.1, -0.05) is 42.7 Å². The van der Waals surface area contributed by atoms with Crippen LogP contribution < -0.4 is 5.73 Å². The van der Waals surface area contributed by atoms with Crippen molar-refractivity contribution in [2.45, 2.75) is 192 Å². The van der Waals surface area contributed by atoms with Gasteiger partial charge in [0.1, 0.15) is 30.2 Å². The summed E-state index contributed by atoms with van der Waals surface area (Å²) >= 11 is 2.39. The number of aliphatic hydroxyl groups excluding tert-OH is 2. The van der Waals surface area contributed by atoms with E-state index >= 15 is 0 Å². The van der Waals surface area contributed by atoms with Gasteiger partial charge in [0, 0.05) is 58.1 Å². The molecule has 4 N–H and O–H groups in total. The highest BCUT2D eigenvalue weighted by molar-refractivity contribution is 14.1. The molecule has 8 fully saturated rings. The molecule has 1 spiro atoms. The van der Waals surface area contributed by atoms with Crippen LogP contribution in [0.25, 0.3) is 0 Å². The van der Waals surface area contributed by atoms with E-state index < -0.39 is 30.2 Å². The van der Waals surface area contributed by atoms with Gasteiger partial charge in [0.25, 0.3) is 0 Å². The maximum absolute atomic E-state index is 14.1. The normalized spacial score (nSPS) is 51.1. The van der Waals surface area contributed by atoms with Crippen LogP contribution in [0, 0.1) is 11.8 Å². The number of nitrogens with two attached hydrogens (primary N) is 1. The molecule has 1 unspecified atom stereocenters. The maximum Gasteiger partial charge on any atom is 0.172 e. The van der Waals surface area contributed by atoms with Gasteiger partial charge in [-0.05, 0) is 62.0 Å². The summed E-state index contributed by atoms with van der Waals surface area (Å²) in [5, 5.41) is 21.8. The number of aliphatic hydroxyl groups is 2. The second-order valence-electron chi connectivity index (χ2n) is 17.3. The monoisotopic (exact) mass is 857 g/mol. The molecule has 0 amide bonds. The second kappa shape index (κ2) is 16.0. The van der Waals surface area contributed by atoms with Crippen molar-refractivity contribution in [1.29, 1.82) is 0 Å². The van der Waals surface area contributed by atoms with Crippen molar-refractivity contribution in [3.63, 3.8) is 0 Å². The predicted molar refractivity (Wildman–Crippen MR) is 201 cm³/mol. The first-order valence-corrected chi connectivity index (χ1v) is 21.4. The molecule has 8 rings (SSSR count). The fraction of sp³-hybridized carbons (Fsp3) is 0.875. The van der Waals surface area contributed by atoms with Crippen LogP contribution in [0.3, 0.4) is 0 Å². The number of carbonyl (C=O) groups excluding carboxylic acids is 1. The number of carbonyl (C=O) groups is 1. The highest BCUT2D eigenvalue weighted by atomic mass is 127. The first-order valence-electron chi connectivity index (χ1n) is 20.2. The van der Waals surface area contributed by atoms with E-state index in [0.717, 1.165) is 49.7 Å². The van der Waals surface area contributed by atoms with Crippen LogP contribution in [-0.4, -0.2) is 131 Å². The van der Waals surface area contributed by atoms with Crippen LogP contribution in [0.1, 0.15) is 90.4 Å². The Hall–Kier alpha value is -0.560. The molecule has 8 heterocycles. The quantitative estimate of drug-likeness (QED) is 0.214. The minimum atomic E-state index is -0.971. The highest BCUT2D eigenvalue weighted by Crippen LogP contribution is 2.51. The van der Waals surface area contributed by atoms with Gasteiger partial charge in [-0.25, -0.2) is 0 Å². The summed E-state index contributed by atoms with van der Waals surface area (Å²) < 4.78 is 53.2. The third-order valence-electron chi connectivity index (χ3n) is 13.6. The van der Waals surface area contributed by atoms with Crippen molar-refractivity contribution in [3.05, 3.63) is 24.3 Å². The van der Waals surface area contributed by atoms with Crippen molar-refractivity contribution < 1.29 is 52.9 Å². The third-order valence-corrected chi connectivity index (χ3v) is 15.1. The van der Waals surface area contributed by atoms with Crippen molar-refractivity contribution in [1.82, 2.24) is 0 Å².